The Morgan fingerprint density at radius 2 is 1.69 bits per heavy atom. The van der Waals surface area contributed by atoms with Gasteiger partial charge in [-0.05, 0) is 25.0 Å². The van der Waals surface area contributed by atoms with Crippen molar-refractivity contribution in [3.63, 3.8) is 0 Å². The maximum atomic E-state index is 5.71. The number of hydrogen-bond acceptors (Lipinski definition) is 2. The summed E-state index contributed by atoms with van der Waals surface area (Å²) in [6.45, 7) is 1.52. The van der Waals surface area contributed by atoms with E-state index < -0.39 is 0 Å². The van der Waals surface area contributed by atoms with Crippen LogP contribution in [0.3, 0.4) is 0 Å². The first-order valence-corrected chi connectivity index (χ1v) is 5.96. The quantitative estimate of drug-likeness (QED) is 0.725. The van der Waals surface area contributed by atoms with Gasteiger partial charge in [0.25, 0.3) is 0 Å². The number of ether oxygens (including phenoxy) is 2. The summed E-state index contributed by atoms with van der Waals surface area (Å²) in [6.07, 6.45) is 10.5. The van der Waals surface area contributed by atoms with Crippen LogP contribution in [0.5, 0.6) is 0 Å². The third-order valence-electron chi connectivity index (χ3n) is 3.43. The smallest absolute Gasteiger partial charge is 0.169 e. The largest absolute Gasteiger partial charge is 0.348 e. The van der Waals surface area contributed by atoms with Gasteiger partial charge in [-0.1, -0.05) is 5.57 Å². The predicted octanol–water partition coefficient (Wildman–Crippen LogP) is 2.65. The van der Waals surface area contributed by atoms with E-state index in [4.69, 9.17) is 9.47 Å². The molecule has 1 saturated carbocycles. The van der Waals surface area contributed by atoms with E-state index in [-0.39, 0.29) is 5.79 Å². The molecule has 1 aromatic heterocycles. The minimum Gasteiger partial charge on any atom is -0.348 e. The van der Waals surface area contributed by atoms with E-state index in [2.05, 4.69) is 23.2 Å². The molecule has 3 rings (SSSR count). The average Bonchev–Trinajstić information content (AvgIpc) is 2.94. The van der Waals surface area contributed by atoms with Crippen LogP contribution in [0.15, 0.2) is 30.1 Å². The Morgan fingerprint density at radius 1 is 1.06 bits per heavy atom. The van der Waals surface area contributed by atoms with E-state index in [9.17, 15) is 0 Å². The number of aromatic nitrogens is 1. The summed E-state index contributed by atoms with van der Waals surface area (Å²) in [7, 11) is 0. The maximum Gasteiger partial charge on any atom is 0.169 e. The lowest BCUT2D eigenvalue weighted by atomic mass is 9.90. The molecule has 1 saturated heterocycles. The molecule has 3 nitrogen and oxygen atoms in total. The Balaban J connectivity index is 1.66. The van der Waals surface area contributed by atoms with Gasteiger partial charge in [0.05, 0.1) is 13.2 Å². The van der Waals surface area contributed by atoms with Crippen LogP contribution < -0.4 is 0 Å². The standard InChI is InChI=1S/C13H17NO2/c1-2-8-14(7-1)11-12-3-5-13(6-4-12)15-9-10-16-13/h1-2,7-8,11H,3-6,9-10H2. The summed E-state index contributed by atoms with van der Waals surface area (Å²) < 4.78 is 13.5. The van der Waals surface area contributed by atoms with Crippen LogP contribution in [-0.2, 0) is 9.47 Å². The van der Waals surface area contributed by atoms with E-state index in [1.54, 1.807) is 0 Å². The molecule has 1 aliphatic carbocycles. The fraction of sp³-hybridized carbons (Fsp3) is 0.538. The van der Waals surface area contributed by atoms with Crippen molar-refractivity contribution in [1.82, 2.24) is 4.57 Å². The first kappa shape index (κ1) is 10.1. The average molecular weight is 219 g/mol. The van der Waals surface area contributed by atoms with Gasteiger partial charge in [-0.2, -0.15) is 0 Å². The Hall–Kier alpha value is -1.06. The van der Waals surface area contributed by atoms with E-state index in [1.165, 1.54) is 5.57 Å². The fourth-order valence-corrected chi connectivity index (χ4v) is 2.51. The molecule has 1 spiro atoms. The molecule has 0 atom stereocenters. The topological polar surface area (TPSA) is 23.4 Å². The molecule has 0 amide bonds. The number of rotatable bonds is 1. The molecule has 1 aromatic rings. The minimum absolute atomic E-state index is 0.242. The molecular formula is C13H17NO2. The summed E-state index contributed by atoms with van der Waals surface area (Å²) in [5, 5.41) is 0. The van der Waals surface area contributed by atoms with Crippen LogP contribution in [0.4, 0.5) is 0 Å². The Morgan fingerprint density at radius 3 is 2.31 bits per heavy atom. The normalized spacial score (nSPS) is 23.9. The molecule has 1 aliphatic heterocycles. The molecule has 16 heavy (non-hydrogen) atoms. The highest BCUT2D eigenvalue weighted by Gasteiger charge is 2.38. The van der Waals surface area contributed by atoms with Crippen molar-refractivity contribution < 1.29 is 9.47 Å². The predicted molar refractivity (Wildman–Crippen MR) is 61.8 cm³/mol. The Bertz CT molecular complexity index is 363. The molecule has 0 unspecified atom stereocenters. The van der Waals surface area contributed by atoms with Gasteiger partial charge in [0, 0.05) is 31.4 Å². The van der Waals surface area contributed by atoms with Crippen molar-refractivity contribution in [2.45, 2.75) is 31.5 Å². The SMILES string of the molecule is C(=C1CCC2(CC1)OCCO2)n1cccc1. The number of hydrogen-bond donors (Lipinski definition) is 0. The summed E-state index contributed by atoms with van der Waals surface area (Å²) >= 11 is 0. The van der Waals surface area contributed by atoms with Crippen molar-refractivity contribution >= 4 is 6.20 Å². The van der Waals surface area contributed by atoms with Crippen LogP contribution in [0.2, 0.25) is 0 Å². The molecule has 2 fully saturated rings. The van der Waals surface area contributed by atoms with Crippen LogP contribution in [0.25, 0.3) is 6.20 Å². The van der Waals surface area contributed by atoms with Crippen molar-refractivity contribution in [3.8, 4) is 0 Å². The first-order valence-electron chi connectivity index (χ1n) is 5.96. The van der Waals surface area contributed by atoms with Gasteiger partial charge >= 0.3 is 0 Å². The fourth-order valence-electron chi connectivity index (χ4n) is 2.51. The lowest BCUT2D eigenvalue weighted by molar-refractivity contribution is -0.171. The number of allylic oxidation sites excluding steroid dienone is 1. The van der Waals surface area contributed by atoms with E-state index in [1.807, 2.05) is 12.1 Å². The van der Waals surface area contributed by atoms with Crippen molar-refractivity contribution in [1.29, 1.82) is 0 Å². The summed E-state index contributed by atoms with van der Waals surface area (Å²) in [6, 6.07) is 4.09. The summed E-state index contributed by atoms with van der Waals surface area (Å²) in [5.41, 5.74) is 1.49. The van der Waals surface area contributed by atoms with Gasteiger partial charge in [-0.3, -0.25) is 0 Å². The molecule has 3 heteroatoms. The highest BCUT2D eigenvalue weighted by Crippen LogP contribution is 2.38. The molecule has 0 aromatic carbocycles. The van der Waals surface area contributed by atoms with Crippen molar-refractivity contribution in [2.75, 3.05) is 13.2 Å². The summed E-state index contributed by atoms with van der Waals surface area (Å²) in [4.78, 5) is 0. The van der Waals surface area contributed by atoms with E-state index in [0.29, 0.717) is 0 Å². The molecule has 0 radical (unpaired) electrons. The molecular weight excluding hydrogens is 202 g/mol. The Kier molecular flexibility index (Phi) is 2.58. The monoisotopic (exact) mass is 219 g/mol. The van der Waals surface area contributed by atoms with Gasteiger partial charge in [-0.15, -0.1) is 0 Å². The van der Waals surface area contributed by atoms with Crippen molar-refractivity contribution in [2.24, 2.45) is 0 Å². The maximum absolute atomic E-state index is 5.71. The zero-order chi connectivity index (χ0) is 10.8. The third-order valence-corrected chi connectivity index (χ3v) is 3.43. The molecule has 2 heterocycles. The van der Waals surface area contributed by atoms with E-state index in [0.717, 1.165) is 38.9 Å². The Labute approximate surface area is 95.7 Å². The second-order valence-corrected chi connectivity index (χ2v) is 4.53. The second kappa shape index (κ2) is 4.07. The third kappa shape index (κ3) is 1.93. The van der Waals surface area contributed by atoms with Crippen LogP contribution in [-0.4, -0.2) is 23.6 Å². The van der Waals surface area contributed by atoms with Crippen LogP contribution in [0, 0.1) is 0 Å². The second-order valence-electron chi connectivity index (χ2n) is 4.53. The van der Waals surface area contributed by atoms with Crippen LogP contribution >= 0.6 is 0 Å². The van der Waals surface area contributed by atoms with Gasteiger partial charge < -0.3 is 14.0 Å². The van der Waals surface area contributed by atoms with Crippen molar-refractivity contribution in [3.05, 3.63) is 30.1 Å². The molecule has 0 bridgehead atoms. The zero-order valence-corrected chi connectivity index (χ0v) is 9.39. The minimum atomic E-state index is -0.242. The highest BCUT2D eigenvalue weighted by atomic mass is 16.7. The lowest BCUT2D eigenvalue weighted by Crippen LogP contribution is -2.33. The highest BCUT2D eigenvalue weighted by molar-refractivity contribution is 5.32. The number of nitrogens with zero attached hydrogens (tertiary/aromatic N) is 1. The first-order chi connectivity index (χ1) is 7.86. The van der Waals surface area contributed by atoms with Crippen LogP contribution in [0.1, 0.15) is 25.7 Å². The molecule has 0 N–H and O–H groups in total. The van der Waals surface area contributed by atoms with Gasteiger partial charge in [-0.25, -0.2) is 0 Å². The summed E-state index contributed by atoms with van der Waals surface area (Å²) in [5.74, 6) is -0.242. The van der Waals surface area contributed by atoms with E-state index >= 15 is 0 Å². The molecule has 86 valence electrons. The lowest BCUT2D eigenvalue weighted by Gasteiger charge is -2.32. The molecule has 2 aliphatic rings. The van der Waals surface area contributed by atoms with Gasteiger partial charge in [0.1, 0.15) is 0 Å². The van der Waals surface area contributed by atoms with Gasteiger partial charge in [0.15, 0.2) is 5.79 Å². The van der Waals surface area contributed by atoms with Gasteiger partial charge in [0.2, 0.25) is 0 Å². The zero-order valence-electron chi connectivity index (χ0n) is 9.39.